The molecule has 3 atom stereocenters. The number of hydrogen-bond acceptors (Lipinski definition) is 3. The molecule has 6 heteroatoms. The van der Waals surface area contributed by atoms with Gasteiger partial charge in [-0.1, -0.05) is 42.5 Å². The van der Waals surface area contributed by atoms with E-state index in [1.165, 1.54) is 36.4 Å². The van der Waals surface area contributed by atoms with Crippen LogP contribution in [0.5, 0.6) is 0 Å². The number of benzene rings is 3. The van der Waals surface area contributed by atoms with Crippen molar-refractivity contribution in [3.8, 4) is 0 Å². The third-order valence-electron chi connectivity index (χ3n) is 6.12. The van der Waals surface area contributed by atoms with Gasteiger partial charge in [-0.25, -0.2) is 8.78 Å². The molecule has 166 valence electrons. The highest BCUT2D eigenvalue weighted by molar-refractivity contribution is 5.94. The second-order valence-electron chi connectivity index (χ2n) is 8.52. The minimum Gasteiger partial charge on any atom is -0.388 e. The summed E-state index contributed by atoms with van der Waals surface area (Å²) in [4.78, 5) is 15.2. The summed E-state index contributed by atoms with van der Waals surface area (Å²) in [7, 11) is 0. The van der Waals surface area contributed by atoms with Gasteiger partial charge in [0.25, 0.3) is 5.91 Å². The molecule has 3 aromatic carbocycles. The Hall–Kier alpha value is -3.09. The van der Waals surface area contributed by atoms with Crippen LogP contribution in [0.25, 0.3) is 0 Å². The van der Waals surface area contributed by atoms with Crippen LogP contribution in [0.4, 0.5) is 8.78 Å². The van der Waals surface area contributed by atoms with E-state index >= 15 is 0 Å². The zero-order chi connectivity index (χ0) is 22.7. The lowest BCUT2D eigenvalue weighted by molar-refractivity contribution is -0.0664. The Kier molecular flexibility index (Phi) is 6.35. The van der Waals surface area contributed by atoms with Gasteiger partial charge in [-0.15, -0.1) is 0 Å². The van der Waals surface area contributed by atoms with Crippen molar-refractivity contribution in [1.29, 1.82) is 0 Å². The van der Waals surface area contributed by atoms with E-state index in [4.69, 9.17) is 0 Å². The topological polar surface area (TPSA) is 52.6 Å². The number of nitrogens with zero attached hydrogens (tertiary/aromatic N) is 1. The average molecular weight is 437 g/mol. The van der Waals surface area contributed by atoms with E-state index in [0.717, 1.165) is 11.1 Å². The second-order valence-corrected chi connectivity index (χ2v) is 8.52. The van der Waals surface area contributed by atoms with E-state index in [0.29, 0.717) is 25.1 Å². The summed E-state index contributed by atoms with van der Waals surface area (Å²) in [6.45, 7) is 2.87. The van der Waals surface area contributed by atoms with Gasteiger partial charge in [0.15, 0.2) is 0 Å². The van der Waals surface area contributed by atoms with Crippen LogP contribution in [-0.4, -0.2) is 34.1 Å². The van der Waals surface area contributed by atoms with Crippen LogP contribution >= 0.6 is 0 Å². The quantitative estimate of drug-likeness (QED) is 0.621. The van der Waals surface area contributed by atoms with Gasteiger partial charge in [0.1, 0.15) is 11.6 Å². The summed E-state index contributed by atoms with van der Waals surface area (Å²) < 4.78 is 26.7. The molecule has 0 aromatic heterocycles. The van der Waals surface area contributed by atoms with Gasteiger partial charge in [0.05, 0.1) is 17.7 Å². The lowest BCUT2D eigenvalue weighted by Crippen LogP contribution is -2.62. The SMILES string of the molecule is CC1(O)CCN(Cc2ccc(F)cc2)C(c2ccccc2)C1NC(=O)c1ccc(F)cc1. The summed E-state index contributed by atoms with van der Waals surface area (Å²) in [5.74, 6) is -1.09. The molecule has 1 aliphatic heterocycles. The molecule has 1 saturated heterocycles. The van der Waals surface area contributed by atoms with Crippen molar-refractivity contribution in [2.24, 2.45) is 0 Å². The molecule has 1 amide bonds. The Morgan fingerprint density at radius 1 is 1.00 bits per heavy atom. The summed E-state index contributed by atoms with van der Waals surface area (Å²) in [6.07, 6.45) is 0.450. The van der Waals surface area contributed by atoms with Gasteiger partial charge in [0, 0.05) is 18.7 Å². The van der Waals surface area contributed by atoms with Crippen molar-refractivity contribution in [3.63, 3.8) is 0 Å². The number of carbonyl (C=O) groups is 1. The normalized spacial score (nSPS) is 23.6. The number of nitrogens with one attached hydrogen (secondary N) is 1. The molecule has 3 aromatic rings. The molecular formula is C26H26F2N2O2. The number of amides is 1. The average Bonchev–Trinajstić information content (AvgIpc) is 2.78. The molecule has 0 radical (unpaired) electrons. The standard InChI is InChI=1S/C26H26F2N2O2/c1-26(32)15-16-30(17-18-7-11-21(27)12-8-18)23(19-5-3-2-4-6-19)24(26)29-25(31)20-9-13-22(28)14-10-20/h2-14,23-24,32H,15-17H2,1H3,(H,29,31). The molecule has 4 rings (SSSR count). The van der Waals surface area contributed by atoms with E-state index in [1.807, 2.05) is 30.3 Å². The predicted molar refractivity (Wildman–Crippen MR) is 119 cm³/mol. The zero-order valence-electron chi connectivity index (χ0n) is 17.8. The second kappa shape index (κ2) is 9.18. The van der Waals surface area contributed by atoms with Crippen LogP contribution in [0, 0.1) is 11.6 Å². The molecule has 3 unspecified atom stereocenters. The molecule has 1 fully saturated rings. The largest absolute Gasteiger partial charge is 0.388 e. The third-order valence-corrected chi connectivity index (χ3v) is 6.12. The number of aliphatic hydroxyl groups is 1. The Balaban J connectivity index is 1.67. The van der Waals surface area contributed by atoms with Gasteiger partial charge in [-0.3, -0.25) is 9.69 Å². The van der Waals surface area contributed by atoms with E-state index in [-0.39, 0.29) is 17.8 Å². The van der Waals surface area contributed by atoms with Gasteiger partial charge in [-0.05, 0) is 60.9 Å². The maximum atomic E-state index is 13.4. The highest BCUT2D eigenvalue weighted by Gasteiger charge is 2.46. The Labute approximate surface area is 186 Å². The lowest BCUT2D eigenvalue weighted by Gasteiger charge is -2.49. The summed E-state index contributed by atoms with van der Waals surface area (Å²) in [5, 5.41) is 14.3. The fourth-order valence-corrected chi connectivity index (χ4v) is 4.33. The molecule has 1 aliphatic rings. The first-order valence-corrected chi connectivity index (χ1v) is 10.7. The summed E-state index contributed by atoms with van der Waals surface area (Å²) >= 11 is 0. The highest BCUT2D eigenvalue weighted by Crippen LogP contribution is 2.38. The minimum absolute atomic E-state index is 0.292. The summed E-state index contributed by atoms with van der Waals surface area (Å²) in [5.41, 5.74) is 1.07. The third kappa shape index (κ3) is 4.87. The maximum Gasteiger partial charge on any atom is 0.251 e. The van der Waals surface area contributed by atoms with Crippen molar-refractivity contribution in [3.05, 3.63) is 107 Å². The van der Waals surface area contributed by atoms with E-state index in [1.54, 1.807) is 19.1 Å². The highest BCUT2D eigenvalue weighted by atomic mass is 19.1. The fourth-order valence-electron chi connectivity index (χ4n) is 4.33. The smallest absolute Gasteiger partial charge is 0.251 e. The maximum absolute atomic E-state index is 13.4. The van der Waals surface area contributed by atoms with Gasteiger partial charge in [-0.2, -0.15) is 0 Å². The number of rotatable bonds is 5. The monoisotopic (exact) mass is 436 g/mol. The number of likely N-dealkylation sites (tertiary alicyclic amines) is 1. The molecular weight excluding hydrogens is 410 g/mol. The van der Waals surface area contributed by atoms with Crippen LogP contribution in [0.1, 0.15) is 40.9 Å². The first-order chi connectivity index (χ1) is 15.3. The summed E-state index contributed by atoms with van der Waals surface area (Å²) in [6, 6.07) is 20.5. The van der Waals surface area contributed by atoms with Crippen molar-refractivity contribution in [2.45, 2.75) is 37.6 Å². The first kappa shape index (κ1) is 22.1. The number of halogens is 2. The molecule has 0 bridgehead atoms. The van der Waals surface area contributed by atoms with E-state index in [2.05, 4.69) is 10.2 Å². The molecule has 4 nitrogen and oxygen atoms in total. The van der Waals surface area contributed by atoms with Gasteiger partial charge >= 0.3 is 0 Å². The van der Waals surface area contributed by atoms with Gasteiger partial charge < -0.3 is 10.4 Å². The molecule has 1 heterocycles. The predicted octanol–water partition coefficient (Wildman–Crippen LogP) is 4.46. The lowest BCUT2D eigenvalue weighted by atomic mass is 9.79. The molecule has 2 N–H and O–H groups in total. The van der Waals surface area contributed by atoms with Crippen molar-refractivity contribution in [2.75, 3.05) is 6.54 Å². The first-order valence-electron chi connectivity index (χ1n) is 10.7. The van der Waals surface area contributed by atoms with E-state index in [9.17, 15) is 18.7 Å². The van der Waals surface area contributed by atoms with Crippen LogP contribution in [0.3, 0.4) is 0 Å². The Bertz CT molecular complexity index is 1050. The van der Waals surface area contributed by atoms with Crippen LogP contribution in [0.15, 0.2) is 78.9 Å². The van der Waals surface area contributed by atoms with Crippen LogP contribution in [0.2, 0.25) is 0 Å². The molecule has 0 saturated carbocycles. The molecule has 0 aliphatic carbocycles. The van der Waals surface area contributed by atoms with E-state index < -0.39 is 17.5 Å². The van der Waals surface area contributed by atoms with Crippen molar-refractivity contribution in [1.82, 2.24) is 10.2 Å². The fraction of sp³-hybridized carbons (Fsp3) is 0.269. The Morgan fingerprint density at radius 2 is 1.59 bits per heavy atom. The number of hydrogen-bond donors (Lipinski definition) is 2. The number of piperidine rings is 1. The number of carbonyl (C=O) groups excluding carboxylic acids is 1. The Morgan fingerprint density at radius 3 is 2.22 bits per heavy atom. The van der Waals surface area contributed by atoms with Crippen molar-refractivity contribution < 1.29 is 18.7 Å². The molecule has 32 heavy (non-hydrogen) atoms. The van der Waals surface area contributed by atoms with Crippen molar-refractivity contribution >= 4 is 5.91 Å². The minimum atomic E-state index is -1.16. The molecule has 0 spiro atoms. The van der Waals surface area contributed by atoms with Gasteiger partial charge in [0.2, 0.25) is 0 Å². The van der Waals surface area contributed by atoms with Crippen LogP contribution < -0.4 is 5.32 Å². The zero-order valence-corrected chi connectivity index (χ0v) is 17.8. The van der Waals surface area contributed by atoms with Crippen LogP contribution in [-0.2, 0) is 6.54 Å².